The van der Waals surface area contributed by atoms with Crippen molar-refractivity contribution in [2.75, 3.05) is 20.2 Å². The van der Waals surface area contributed by atoms with Gasteiger partial charge in [0, 0.05) is 19.5 Å². The number of esters is 1. The maximum atomic E-state index is 10.9. The first-order valence-electron chi connectivity index (χ1n) is 5.01. The summed E-state index contributed by atoms with van der Waals surface area (Å²) in [5.74, 6) is 1.70. The summed E-state index contributed by atoms with van der Waals surface area (Å²) in [6.07, 6.45) is 2.59. The lowest BCUT2D eigenvalue weighted by atomic mass is 10.0. The lowest BCUT2D eigenvalue weighted by molar-refractivity contribution is -0.140. The molecule has 15 heavy (non-hydrogen) atoms. The summed E-state index contributed by atoms with van der Waals surface area (Å²) in [5.41, 5.74) is 0. The molecule has 0 aliphatic carbocycles. The smallest absolute Gasteiger partial charge is 0.305 e. The van der Waals surface area contributed by atoms with E-state index in [1.54, 1.807) is 6.20 Å². The Bertz CT molecular complexity index is 344. The highest BCUT2D eigenvalue weighted by Crippen LogP contribution is 2.19. The topological polar surface area (TPSA) is 64.4 Å². The minimum absolute atomic E-state index is 0.224. The second-order valence-corrected chi connectivity index (χ2v) is 3.60. The number of nitrogens with zero attached hydrogens (tertiary/aromatic N) is 1. The Morgan fingerprint density at radius 3 is 3.13 bits per heavy atom. The Labute approximate surface area is 87.8 Å². The Kier molecular flexibility index (Phi) is 3.01. The maximum Gasteiger partial charge on any atom is 0.305 e. The molecule has 0 unspecified atom stereocenters. The molecule has 2 heterocycles. The quantitative estimate of drug-likeness (QED) is 0.732. The molecule has 2 rings (SSSR count). The summed E-state index contributed by atoms with van der Waals surface area (Å²) >= 11 is 0. The van der Waals surface area contributed by atoms with Crippen LogP contribution in [0.1, 0.15) is 24.0 Å². The molecule has 0 aromatic carbocycles. The molecular formula is C10H14N2O3. The van der Waals surface area contributed by atoms with Crippen molar-refractivity contribution in [1.82, 2.24) is 10.3 Å². The van der Waals surface area contributed by atoms with E-state index in [0.717, 1.165) is 24.7 Å². The van der Waals surface area contributed by atoms with E-state index < -0.39 is 0 Å². The van der Waals surface area contributed by atoms with E-state index >= 15 is 0 Å². The van der Waals surface area contributed by atoms with Crippen molar-refractivity contribution in [2.45, 2.75) is 18.8 Å². The third-order valence-corrected chi connectivity index (χ3v) is 2.51. The molecule has 1 aliphatic rings. The monoisotopic (exact) mass is 210 g/mol. The molecule has 0 atom stereocenters. The van der Waals surface area contributed by atoms with Crippen LogP contribution in [0.5, 0.6) is 0 Å². The number of aromatic nitrogens is 1. The van der Waals surface area contributed by atoms with Crippen molar-refractivity contribution < 1.29 is 13.9 Å². The molecule has 5 nitrogen and oxygen atoms in total. The molecule has 0 bridgehead atoms. The number of methoxy groups -OCH3 is 1. The molecule has 5 heteroatoms. The van der Waals surface area contributed by atoms with Crippen molar-refractivity contribution in [3.8, 4) is 0 Å². The van der Waals surface area contributed by atoms with Crippen LogP contribution >= 0.6 is 0 Å². The third kappa shape index (κ3) is 2.36. The molecule has 1 aromatic heterocycles. The highest BCUT2D eigenvalue weighted by atomic mass is 16.5. The first kappa shape index (κ1) is 10.2. The van der Waals surface area contributed by atoms with Crippen LogP contribution in [0.3, 0.4) is 0 Å². The minimum Gasteiger partial charge on any atom is -0.469 e. The van der Waals surface area contributed by atoms with E-state index in [0.29, 0.717) is 18.8 Å². The van der Waals surface area contributed by atoms with Crippen LogP contribution in [-0.2, 0) is 16.0 Å². The highest BCUT2D eigenvalue weighted by molar-refractivity contribution is 5.69. The van der Waals surface area contributed by atoms with Crippen LogP contribution in [-0.4, -0.2) is 31.2 Å². The molecule has 0 saturated carbocycles. The molecule has 0 amide bonds. The Hall–Kier alpha value is -1.36. The molecule has 1 fully saturated rings. The van der Waals surface area contributed by atoms with Gasteiger partial charge in [-0.3, -0.25) is 4.79 Å². The van der Waals surface area contributed by atoms with Crippen LogP contribution in [0.4, 0.5) is 0 Å². The van der Waals surface area contributed by atoms with E-state index in [9.17, 15) is 4.79 Å². The number of carbonyl (C=O) groups excluding carboxylic acids is 1. The molecule has 1 N–H and O–H groups in total. The Morgan fingerprint density at radius 2 is 2.53 bits per heavy atom. The predicted molar refractivity (Wildman–Crippen MR) is 52.5 cm³/mol. The molecule has 1 saturated heterocycles. The van der Waals surface area contributed by atoms with Gasteiger partial charge in [0.15, 0.2) is 5.89 Å². The van der Waals surface area contributed by atoms with Crippen molar-refractivity contribution >= 4 is 5.97 Å². The van der Waals surface area contributed by atoms with Gasteiger partial charge in [-0.15, -0.1) is 0 Å². The van der Waals surface area contributed by atoms with Crippen molar-refractivity contribution in [2.24, 2.45) is 0 Å². The van der Waals surface area contributed by atoms with Crippen molar-refractivity contribution in [3.05, 3.63) is 17.8 Å². The molecule has 1 aromatic rings. The van der Waals surface area contributed by atoms with Gasteiger partial charge in [0.05, 0.1) is 25.6 Å². The number of rotatable bonds is 4. The van der Waals surface area contributed by atoms with Crippen LogP contribution in [0.25, 0.3) is 0 Å². The van der Waals surface area contributed by atoms with E-state index in [1.165, 1.54) is 7.11 Å². The fourth-order valence-electron chi connectivity index (χ4n) is 1.42. The number of oxazole rings is 1. The second-order valence-electron chi connectivity index (χ2n) is 3.60. The molecule has 0 radical (unpaired) electrons. The molecule has 0 spiro atoms. The van der Waals surface area contributed by atoms with Crippen LogP contribution in [0, 0.1) is 0 Å². The normalized spacial score (nSPS) is 16.1. The number of hydrogen-bond donors (Lipinski definition) is 1. The van der Waals surface area contributed by atoms with E-state index in [2.05, 4.69) is 15.0 Å². The lowest BCUT2D eigenvalue weighted by Crippen LogP contribution is -2.40. The maximum absolute atomic E-state index is 10.9. The van der Waals surface area contributed by atoms with E-state index in [-0.39, 0.29) is 5.97 Å². The summed E-state index contributed by atoms with van der Waals surface area (Å²) in [4.78, 5) is 15.1. The van der Waals surface area contributed by atoms with Gasteiger partial charge in [-0.2, -0.15) is 0 Å². The zero-order valence-electron chi connectivity index (χ0n) is 8.66. The second kappa shape index (κ2) is 4.44. The number of ether oxygens (including phenoxy) is 1. The average molecular weight is 210 g/mol. The summed E-state index contributed by atoms with van der Waals surface area (Å²) in [5, 5.41) is 3.15. The molecule has 1 aliphatic heterocycles. The minimum atomic E-state index is -0.224. The first-order chi connectivity index (χ1) is 7.29. The van der Waals surface area contributed by atoms with Gasteiger partial charge < -0.3 is 14.5 Å². The average Bonchev–Trinajstić information content (AvgIpc) is 2.60. The predicted octanol–water partition coefficient (Wildman–Crippen LogP) is 0.467. The summed E-state index contributed by atoms with van der Waals surface area (Å²) < 4.78 is 10.1. The Balaban J connectivity index is 1.86. The zero-order chi connectivity index (χ0) is 10.7. The molecule has 82 valence electrons. The van der Waals surface area contributed by atoms with Crippen molar-refractivity contribution in [1.29, 1.82) is 0 Å². The number of nitrogens with one attached hydrogen (secondary N) is 1. The standard InChI is InChI=1S/C10H14N2O3/c1-14-9(13)3-2-8-6-12-10(15-8)7-4-11-5-7/h6-7,11H,2-5H2,1H3. The van der Waals surface area contributed by atoms with Crippen LogP contribution < -0.4 is 5.32 Å². The summed E-state index contributed by atoms with van der Waals surface area (Å²) in [7, 11) is 1.38. The van der Waals surface area contributed by atoms with Gasteiger partial charge in [-0.1, -0.05) is 0 Å². The first-order valence-corrected chi connectivity index (χ1v) is 5.01. The van der Waals surface area contributed by atoms with Crippen LogP contribution in [0.2, 0.25) is 0 Å². The highest BCUT2D eigenvalue weighted by Gasteiger charge is 2.23. The summed E-state index contributed by atoms with van der Waals surface area (Å²) in [6, 6.07) is 0. The SMILES string of the molecule is COC(=O)CCc1cnc(C2CNC2)o1. The van der Waals surface area contributed by atoms with Gasteiger partial charge in [0.1, 0.15) is 5.76 Å². The van der Waals surface area contributed by atoms with Gasteiger partial charge in [0.25, 0.3) is 0 Å². The lowest BCUT2D eigenvalue weighted by Gasteiger charge is -2.23. The molecular weight excluding hydrogens is 196 g/mol. The van der Waals surface area contributed by atoms with Crippen LogP contribution in [0.15, 0.2) is 10.6 Å². The fourth-order valence-corrected chi connectivity index (χ4v) is 1.42. The largest absolute Gasteiger partial charge is 0.469 e. The number of carbonyl (C=O) groups is 1. The van der Waals surface area contributed by atoms with Gasteiger partial charge in [-0.25, -0.2) is 4.98 Å². The zero-order valence-corrected chi connectivity index (χ0v) is 8.66. The van der Waals surface area contributed by atoms with E-state index in [1.807, 2.05) is 0 Å². The van der Waals surface area contributed by atoms with Crippen molar-refractivity contribution in [3.63, 3.8) is 0 Å². The fraction of sp³-hybridized carbons (Fsp3) is 0.600. The number of aryl methyl sites for hydroxylation is 1. The third-order valence-electron chi connectivity index (χ3n) is 2.51. The number of hydrogen-bond acceptors (Lipinski definition) is 5. The summed E-state index contributed by atoms with van der Waals surface area (Å²) in [6.45, 7) is 1.86. The van der Waals surface area contributed by atoms with Gasteiger partial charge in [-0.05, 0) is 0 Å². The van der Waals surface area contributed by atoms with Gasteiger partial charge >= 0.3 is 5.97 Å². The van der Waals surface area contributed by atoms with Gasteiger partial charge in [0.2, 0.25) is 0 Å². The Morgan fingerprint density at radius 1 is 1.73 bits per heavy atom. The van der Waals surface area contributed by atoms with E-state index in [4.69, 9.17) is 4.42 Å².